The molecule has 2 fully saturated rings. The van der Waals surface area contributed by atoms with E-state index in [9.17, 15) is 4.79 Å². The number of aromatic nitrogens is 2. The molecular formula is C22H26BrN5O. The summed E-state index contributed by atoms with van der Waals surface area (Å²) in [5, 5.41) is 3.24. The van der Waals surface area contributed by atoms with E-state index in [1.54, 1.807) is 0 Å². The Kier molecular flexibility index (Phi) is 5.08. The van der Waals surface area contributed by atoms with Crippen molar-refractivity contribution in [2.45, 2.75) is 38.1 Å². The average Bonchev–Trinajstić information content (AvgIpc) is 3.24. The number of benzene rings is 1. The summed E-state index contributed by atoms with van der Waals surface area (Å²) >= 11 is 3.56. The highest BCUT2D eigenvalue weighted by molar-refractivity contribution is 9.10. The number of urea groups is 1. The second-order valence-corrected chi connectivity index (χ2v) is 9.01. The van der Waals surface area contributed by atoms with Gasteiger partial charge < -0.3 is 19.5 Å². The maximum atomic E-state index is 12.7. The van der Waals surface area contributed by atoms with Crippen molar-refractivity contribution in [3.05, 3.63) is 41.0 Å². The van der Waals surface area contributed by atoms with Crippen molar-refractivity contribution < 1.29 is 4.79 Å². The number of nitrogens with one attached hydrogen (secondary N) is 1. The molecule has 29 heavy (non-hydrogen) atoms. The molecule has 0 spiro atoms. The quantitative estimate of drug-likeness (QED) is 0.622. The van der Waals surface area contributed by atoms with Crippen LogP contribution in [-0.2, 0) is 0 Å². The number of halogens is 1. The van der Waals surface area contributed by atoms with E-state index < -0.39 is 0 Å². The van der Waals surface area contributed by atoms with Crippen molar-refractivity contribution in [2.75, 3.05) is 31.1 Å². The molecular weight excluding hydrogens is 430 g/mol. The van der Waals surface area contributed by atoms with Gasteiger partial charge in [-0.3, -0.25) is 0 Å². The lowest BCUT2D eigenvalue weighted by atomic mass is 9.96. The first kappa shape index (κ1) is 18.7. The molecule has 1 saturated carbocycles. The molecule has 0 radical (unpaired) electrons. The predicted octanol–water partition coefficient (Wildman–Crippen LogP) is 4.41. The lowest BCUT2D eigenvalue weighted by molar-refractivity contribution is 0.186. The minimum Gasteiger partial charge on any atom is -0.351 e. The first-order valence-electron chi connectivity index (χ1n) is 10.6. The van der Waals surface area contributed by atoms with Gasteiger partial charge in [-0.1, -0.05) is 35.2 Å². The van der Waals surface area contributed by atoms with Crippen LogP contribution < -0.4 is 10.2 Å². The van der Waals surface area contributed by atoms with Gasteiger partial charge in [-0.05, 0) is 43.2 Å². The summed E-state index contributed by atoms with van der Waals surface area (Å²) in [5.41, 5.74) is 3.18. The Bertz CT molecular complexity index is 1030. The van der Waals surface area contributed by atoms with Crippen molar-refractivity contribution in [2.24, 2.45) is 0 Å². The predicted molar refractivity (Wildman–Crippen MR) is 120 cm³/mol. The number of hydrogen-bond donors (Lipinski definition) is 1. The molecule has 152 valence electrons. The lowest BCUT2D eigenvalue weighted by Crippen LogP contribution is -2.54. The van der Waals surface area contributed by atoms with Gasteiger partial charge >= 0.3 is 6.03 Å². The van der Waals surface area contributed by atoms with Gasteiger partial charge in [0, 0.05) is 42.9 Å². The van der Waals surface area contributed by atoms with Crippen LogP contribution in [0.1, 0.15) is 32.1 Å². The average molecular weight is 456 g/mol. The SMILES string of the molecule is O=C(NC1CCCCC1)N1CCN(c2nc3cc(Br)ccc3n3cccc23)CC1. The molecule has 5 rings (SSSR count). The zero-order valence-corrected chi connectivity index (χ0v) is 18.1. The Labute approximate surface area is 179 Å². The summed E-state index contributed by atoms with van der Waals surface area (Å²) in [7, 11) is 0. The Hall–Kier alpha value is -2.28. The lowest BCUT2D eigenvalue weighted by Gasteiger charge is -2.36. The van der Waals surface area contributed by atoms with Crippen molar-refractivity contribution in [1.29, 1.82) is 0 Å². The van der Waals surface area contributed by atoms with Gasteiger partial charge in [0.15, 0.2) is 5.82 Å². The highest BCUT2D eigenvalue weighted by atomic mass is 79.9. The number of carbonyl (C=O) groups excluding carboxylic acids is 1. The molecule has 1 aliphatic heterocycles. The van der Waals surface area contributed by atoms with Crippen LogP contribution >= 0.6 is 15.9 Å². The third kappa shape index (κ3) is 3.68. The highest BCUT2D eigenvalue weighted by Crippen LogP contribution is 2.28. The van der Waals surface area contributed by atoms with E-state index in [2.05, 4.69) is 61.0 Å². The van der Waals surface area contributed by atoms with Gasteiger partial charge in [-0.2, -0.15) is 0 Å². The summed E-state index contributed by atoms with van der Waals surface area (Å²) in [6.45, 7) is 3.05. The fraction of sp³-hybridized carbons (Fsp3) is 0.455. The van der Waals surface area contributed by atoms with E-state index >= 15 is 0 Å². The van der Waals surface area contributed by atoms with E-state index in [1.807, 2.05) is 11.0 Å². The number of anilines is 1. The largest absolute Gasteiger partial charge is 0.351 e. The maximum Gasteiger partial charge on any atom is 0.317 e. The monoisotopic (exact) mass is 455 g/mol. The topological polar surface area (TPSA) is 52.9 Å². The second-order valence-electron chi connectivity index (χ2n) is 8.09. The standard InChI is InChI=1S/C22H26BrN5O/c23-16-8-9-19-18(15-16)25-21(20-7-4-10-28(19)20)26-11-13-27(14-12-26)22(29)24-17-5-2-1-3-6-17/h4,7-10,15,17H,1-3,5-6,11-14H2,(H,24,29). The number of rotatable bonds is 2. The van der Waals surface area contributed by atoms with Crippen molar-refractivity contribution in [3.8, 4) is 0 Å². The molecule has 2 amide bonds. The normalized spacial score (nSPS) is 18.5. The van der Waals surface area contributed by atoms with E-state index in [-0.39, 0.29) is 6.03 Å². The number of hydrogen-bond acceptors (Lipinski definition) is 3. The minimum absolute atomic E-state index is 0.0970. The summed E-state index contributed by atoms with van der Waals surface area (Å²) in [4.78, 5) is 21.9. The van der Waals surface area contributed by atoms with Crippen LogP contribution in [0.15, 0.2) is 41.0 Å². The van der Waals surface area contributed by atoms with Crippen LogP contribution in [-0.4, -0.2) is 52.5 Å². The number of amides is 2. The summed E-state index contributed by atoms with van der Waals surface area (Å²) < 4.78 is 3.23. The fourth-order valence-corrected chi connectivity index (χ4v) is 4.95. The molecule has 1 saturated heterocycles. The third-order valence-corrected chi connectivity index (χ3v) is 6.69. The number of carbonyl (C=O) groups is 1. The van der Waals surface area contributed by atoms with E-state index in [0.29, 0.717) is 6.04 Å². The molecule has 0 unspecified atom stereocenters. The van der Waals surface area contributed by atoms with Gasteiger partial charge in [0.25, 0.3) is 0 Å². The van der Waals surface area contributed by atoms with Crippen molar-refractivity contribution in [1.82, 2.24) is 19.6 Å². The smallest absolute Gasteiger partial charge is 0.317 e. The second kappa shape index (κ2) is 7.86. The number of fused-ring (bicyclic) bond motifs is 3. The van der Waals surface area contributed by atoms with Crippen LogP contribution in [0.4, 0.5) is 10.6 Å². The molecule has 1 aliphatic carbocycles. The zero-order chi connectivity index (χ0) is 19.8. The van der Waals surface area contributed by atoms with Gasteiger partial charge in [-0.15, -0.1) is 0 Å². The summed E-state index contributed by atoms with van der Waals surface area (Å²) in [5.74, 6) is 0.993. The highest BCUT2D eigenvalue weighted by Gasteiger charge is 2.25. The molecule has 3 aromatic rings. The zero-order valence-electron chi connectivity index (χ0n) is 16.5. The van der Waals surface area contributed by atoms with E-state index in [0.717, 1.165) is 65.9 Å². The van der Waals surface area contributed by atoms with Gasteiger partial charge in [-0.25, -0.2) is 9.78 Å². The maximum absolute atomic E-state index is 12.7. The number of piperazine rings is 1. The Balaban J connectivity index is 1.33. The molecule has 1 N–H and O–H groups in total. The molecule has 1 aromatic carbocycles. The van der Waals surface area contributed by atoms with Crippen molar-refractivity contribution >= 4 is 44.3 Å². The Morgan fingerprint density at radius 2 is 1.83 bits per heavy atom. The first-order chi connectivity index (χ1) is 14.2. The van der Waals surface area contributed by atoms with Gasteiger partial charge in [0.2, 0.25) is 0 Å². The van der Waals surface area contributed by atoms with Crippen LogP contribution in [0.25, 0.3) is 16.6 Å². The minimum atomic E-state index is 0.0970. The van der Waals surface area contributed by atoms with Crippen LogP contribution in [0, 0.1) is 0 Å². The third-order valence-electron chi connectivity index (χ3n) is 6.20. The molecule has 7 heteroatoms. The van der Waals surface area contributed by atoms with Gasteiger partial charge in [0.05, 0.1) is 16.6 Å². The summed E-state index contributed by atoms with van der Waals surface area (Å²) in [6, 6.07) is 10.8. The van der Waals surface area contributed by atoms with E-state index in [4.69, 9.17) is 4.98 Å². The van der Waals surface area contributed by atoms with Crippen LogP contribution in [0.5, 0.6) is 0 Å². The Morgan fingerprint density at radius 1 is 1.03 bits per heavy atom. The van der Waals surface area contributed by atoms with E-state index in [1.165, 1.54) is 19.3 Å². The first-order valence-corrected chi connectivity index (χ1v) is 11.3. The number of nitrogens with zero attached hydrogens (tertiary/aromatic N) is 4. The van der Waals surface area contributed by atoms with Gasteiger partial charge in [0.1, 0.15) is 0 Å². The molecule has 0 atom stereocenters. The fourth-order valence-electron chi connectivity index (χ4n) is 4.60. The van der Waals surface area contributed by atoms with Crippen molar-refractivity contribution in [3.63, 3.8) is 0 Å². The molecule has 2 aromatic heterocycles. The molecule has 2 aliphatic rings. The summed E-state index contributed by atoms with van der Waals surface area (Å²) in [6.07, 6.45) is 8.09. The molecule has 0 bridgehead atoms. The molecule has 6 nitrogen and oxygen atoms in total. The Morgan fingerprint density at radius 3 is 2.62 bits per heavy atom. The van der Waals surface area contributed by atoms with Crippen LogP contribution in [0.3, 0.4) is 0 Å². The molecule has 3 heterocycles. The van der Waals surface area contributed by atoms with Crippen LogP contribution in [0.2, 0.25) is 0 Å².